The lowest BCUT2D eigenvalue weighted by Crippen LogP contribution is -2.20. The number of esters is 1. The Morgan fingerprint density at radius 1 is 1.54 bits per heavy atom. The van der Waals surface area contributed by atoms with Crippen LogP contribution >= 0.6 is 0 Å². The third-order valence-corrected chi connectivity index (χ3v) is 1.63. The molecular weight excluding hydrogens is 168 g/mol. The van der Waals surface area contributed by atoms with Crippen molar-refractivity contribution in [3.63, 3.8) is 0 Å². The van der Waals surface area contributed by atoms with Gasteiger partial charge >= 0.3 is 5.97 Å². The number of ether oxygens (including phenoxy) is 1. The average molecular weight is 186 g/mol. The first-order chi connectivity index (χ1) is 5.99. The molecule has 0 fully saturated rings. The van der Waals surface area contributed by atoms with Crippen LogP contribution in [-0.4, -0.2) is 23.8 Å². The van der Waals surface area contributed by atoms with Gasteiger partial charge in [-0.05, 0) is 19.3 Å². The van der Waals surface area contributed by atoms with E-state index in [4.69, 9.17) is 4.74 Å². The number of carbonyl (C=O) groups is 1. The minimum atomic E-state index is -0.779. The molecule has 0 aromatic rings. The molecule has 0 amide bonds. The Balaban J connectivity index is 4.02. The molecule has 0 radical (unpaired) electrons. The lowest BCUT2D eigenvalue weighted by Gasteiger charge is -2.14. The molecule has 0 rings (SSSR count). The second-order valence-electron chi connectivity index (χ2n) is 3.39. The standard InChI is InChI=1S/C10H18O3/c1-5-13-10(12)8(4)9(11)6-7(2)3/h7,9,11H,4-6H2,1-3H3/t9-/m0/s1. The fourth-order valence-corrected chi connectivity index (χ4v) is 0.949. The third kappa shape index (κ3) is 4.68. The van der Waals surface area contributed by atoms with Crippen molar-refractivity contribution in [3.8, 4) is 0 Å². The monoisotopic (exact) mass is 186 g/mol. The second-order valence-corrected chi connectivity index (χ2v) is 3.39. The predicted molar refractivity (Wildman–Crippen MR) is 51.2 cm³/mol. The summed E-state index contributed by atoms with van der Waals surface area (Å²) in [6.07, 6.45) is -0.239. The van der Waals surface area contributed by atoms with Gasteiger partial charge in [-0.25, -0.2) is 4.79 Å². The van der Waals surface area contributed by atoms with Gasteiger partial charge < -0.3 is 9.84 Å². The van der Waals surface area contributed by atoms with Gasteiger partial charge in [0.2, 0.25) is 0 Å². The Kier molecular flexibility index (Phi) is 5.39. The van der Waals surface area contributed by atoms with Crippen LogP contribution in [0.2, 0.25) is 0 Å². The maximum absolute atomic E-state index is 11.1. The quantitative estimate of drug-likeness (QED) is 0.523. The summed E-state index contributed by atoms with van der Waals surface area (Å²) in [6, 6.07) is 0. The van der Waals surface area contributed by atoms with E-state index in [0.29, 0.717) is 18.9 Å². The molecule has 1 N–H and O–H groups in total. The van der Waals surface area contributed by atoms with E-state index in [0.717, 1.165) is 0 Å². The molecule has 0 saturated heterocycles. The Bertz CT molecular complexity index is 185. The highest BCUT2D eigenvalue weighted by molar-refractivity contribution is 5.88. The van der Waals surface area contributed by atoms with E-state index in [1.807, 2.05) is 13.8 Å². The zero-order valence-corrected chi connectivity index (χ0v) is 8.54. The molecule has 0 unspecified atom stereocenters. The lowest BCUT2D eigenvalue weighted by atomic mass is 10.0. The highest BCUT2D eigenvalue weighted by Crippen LogP contribution is 2.12. The molecule has 0 aliphatic heterocycles. The van der Waals surface area contributed by atoms with Crippen molar-refractivity contribution in [1.29, 1.82) is 0 Å². The largest absolute Gasteiger partial charge is 0.463 e. The number of aliphatic hydroxyl groups is 1. The maximum atomic E-state index is 11.1. The molecule has 0 heterocycles. The van der Waals surface area contributed by atoms with Crippen molar-refractivity contribution >= 4 is 5.97 Å². The van der Waals surface area contributed by atoms with Crippen molar-refractivity contribution in [2.24, 2.45) is 5.92 Å². The first-order valence-electron chi connectivity index (χ1n) is 4.53. The van der Waals surface area contributed by atoms with Crippen LogP contribution in [-0.2, 0) is 9.53 Å². The number of hydrogen-bond donors (Lipinski definition) is 1. The van der Waals surface area contributed by atoms with Gasteiger partial charge in [-0.15, -0.1) is 0 Å². The third-order valence-electron chi connectivity index (χ3n) is 1.63. The van der Waals surface area contributed by atoms with Crippen LogP contribution < -0.4 is 0 Å². The fraction of sp³-hybridized carbons (Fsp3) is 0.700. The Morgan fingerprint density at radius 3 is 2.46 bits per heavy atom. The van der Waals surface area contributed by atoms with E-state index in [9.17, 15) is 9.90 Å². The molecule has 0 aliphatic rings. The van der Waals surface area contributed by atoms with Crippen LogP contribution in [0.4, 0.5) is 0 Å². The summed E-state index contributed by atoms with van der Waals surface area (Å²) in [7, 11) is 0. The van der Waals surface area contributed by atoms with Crippen LogP contribution in [0.25, 0.3) is 0 Å². The lowest BCUT2D eigenvalue weighted by molar-refractivity contribution is -0.139. The molecular formula is C10H18O3. The van der Waals surface area contributed by atoms with Crippen LogP contribution in [0.3, 0.4) is 0 Å². The molecule has 0 saturated carbocycles. The van der Waals surface area contributed by atoms with Crippen LogP contribution in [0.1, 0.15) is 27.2 Å². The summed E-state index contributed by atoms with van der Waals surface area (Å²) in [5.41, 5.74) is 0.149. The van der Waals surface area contributed by atoms with E-state index < -0.39 is 12.1 Å². The van der Waals surface area contributed by atoms with Gasteiger partial charge in [-0.2, -0.15) is 0 Å². The van der Waals surface area contributed by atoms with Crippen molar-refractivity contribution < 1.29 is 14.6 Å². The topological polar surface area (TPSA) is 46.5 Å². The zero-order chi connectivity index (χ0) is 10.4. The smallest absolute Gasteiger partial charge is 0.336 e. The minimum Gasteiger partial charge on any atom is -0.463 e. The zero-order valence-electron chi connectivity index (χ0n) is 8.54. The first kappa shape index (κ1) is 12.2. The number of aliphatic hydroxyl groups excluding tert-OH is 1. The van der Waals surface area contributed by atoms with Gasteiger partial charge in [0, 0.05) is 0 Å². The molecule has 0 aliphatic carbocycles. The summed E-state index contributed by atoms with van der Waals surface area (Å²) in [6.45, 7) is 9.48. The van der Waals surface area contributed by atoms with Gasteiger partial charge in [0.15, 0.2) is 0 Å². The van der Waals surface area contributed by atoms with Crippen molar-refractivity contribution in [2.45, 2.75) is 33.3 Å². The molecule has 3 nitrogen and oxygen atoms in total. The van der Waals surface area contributed by atoms with E-state index in [2.05, 4.69) is 6.58 Å². The van der Waals surface area contributed by atoms with Gasteiger partial charge in [-0.3, -0.25) is 0 Å². The summed E-state index contributed by atoms with van der Waals surface area (Å²) < 4.78 is 4.71. The second kappa shape index (κ2) is 5.75. The molecule has 0 aromatic carbocycles. The number of rotatable bonds is 5. The molecule has 0 spiro atoms. The first-order valence-corrected chi connectivity index (χ1v) is 4.53. The van der Waals surface area contributed by atoms with E-state index in [1.165, 1.54) is 0 Å². The summed E-state index contributed by atoms with van der Waals surface area (Å²) in [5, 5.41) is 9.48. The molecule has 0 aromatic heterocycles. The highest BCUT2D eigenvalue weighted by atomic mass is 16.5. The van der Waals surface area contributed by atoms with Crippen molar-refractivity contribution in [3.05, 3.63) is 12.2 Å². The highest BCUT2D eigenvalue weighted by Gasteiger charge is 2.18. The molecule has 0 bridgehead atoms. The summed E-state index contributed by atoms with van der Waals surface area (Å²) in [4.78, 5) is 11.1. The van der Waals surface area contributed by atoms with Crippen molar-refractivity contribution in [1.82, 2.24) is 0 Å². The summed E-state index contributed by atoms with van der Waals surface area (Å²) in [5.74, 6) is -0.170. The molecule has 3 heteroatoms. The van der Waals surface area contributed by atoms with E-state index in [-0.39, 0.29) is 5.57 Å². The predicted octanol–water partition coefficient (Wildman–Crippen LogP) is 1.51. The SMILES string of the molecule is C=C(C(=O)OCC)[C@@H](O)CC(C)C. The van der Waals surface area contributed by atoms with Gasteiger partial charge in [0.05, 0.1) is 18.3 Å². The van der Waals surface area contributed by atoms with E-state index in [1.54, 1.807) is 6.92 Å². The van der Waals surface area contributed by atoms with Crippen molar-refractivity contribution in [2.75, 3.05) is 6.61 Å². The number of carbonyl (C=O) groups excluding carboxylic acids is 1. The molecule has 76 valence electrons. The normalized spacial score (nSPS) is 12.7. The van der Waals surface area contributed by atoms with Crippen LogP contribution in [0, 0.1) is 5.92 Å². The van der Waals surface area contributed by atoms with Gasteiger partial charge in [-0.1, -0.05) is 20.4 Å². The molecule has 1 atom stereocenters. The average Bonchev–Trinajstić information content (AvgIpc) is 2.02. The van der Waals surface area contributed by atoms with Gasteiger partial charge in [0.1, 0.15) is 0 Å². The number of hydrogen-bond acceptors (Lipinski definition) is 3. The Labute approximate surface area is 79.4 Å². The fourth-order valence-electron chi connectivity index (χ4n) is 0.949. The van der Waals surface area contributed by atoms with Crippen LogP contribution in [0.15, 0.2) is 12.2 Å². The Hall–Kier alpha value is -0.830. The van der Waals surface area contributed by atoms with Gasteiger partial charge in [0.25, 0.3) is 0 Å². The Morgan fingerprint density at radius 2 is 2.08 bits per heavy atom. The van der Waals surface area contributed by atoms with Crippen LogP contribution in [0.5, 0.6) is 0 Å². The van der Waals surface area contributed by atoms with E-state index >= 15 is 0 Å². The molecule has 13 heavy (non-hydrogen) atoms. The minimum absolute atomic E-state index is 0.149. The summed E-state index contributed by atoms with van der Waals surface area (Å²) >= 11 is 0. The maximum Gasteiger partial charge on any atom is 0.336 e.